The monoisotopic (exact) mass is 606 g/mol. The van der Waals surface area contributed by atoms with Gasteiger partial charge in [0.2, 0.25) is 0 Å². The summed E-state index contributed by atoms with van der Waals surface area (Å²) in [6.07, 6.45) is 0. The van der Waals surface area contributed by atoms with E-state index in [0.29, 0.717) is 50.8 Å². The van der Waals surface area contributed by atoms with E-state index in [9.17, 15) is 13.2 Å². The third-order valence-corrected chi connectivity index (χ3v) is 9.37. The normalized spacial score (nSPS) is 11.6. The van der Waals surface area contributed by atoms with Crippen molar-refractivity contribution in [3.8, 4) is 5.75 Å². The van der Waals surface area contributed by atoms with Crippen molar-refractivity contribution >= 4 is 71.5 Å². The first-order chi connectivity index (χ1) is 18.7. The lowest BCUT2D eigenvalue weighted by Crippen LogP contribution is -2.38. The van der Waals surface area contributed by atoms with Crippen molar-refractivity contribution in [3.63, 3.8) is 0 Å². The molecule has 1 heterocycles. The fourth-order valence-corrected chi connectivity index (χ4v) is 6.42. The predicted octanol–water partition coefficient (Wildman–Crippen LogP) is 6.40. The summed E-state index contributed by atoms with van der Waals surface area (Å²) < 4.78 is 34.2. The standard InChI is InChI=1S/C27H28Cl2N4O4S2/c1-4-32(5-2)16-17-33(27-30-24-23(37-3)15-14-22(29)25(24)38-27)26(34)18-6-10-20(11-7-18)31-39(35,36)21-12-8-19(28)9-13-21/h6-15,31H,4-5,16-17H2,1-3H3. The van der Waals surface area contributed by atoms with E-state index in [1.807, 2.05) is 0 Å². The van der Waals surface area contributed by atoms with Crippen LogP contribution in [0, 0.1) is 0 Å². The molecule has 0 atom stereocenters. The van der Waals surface area contributed by atoms with Crippen LogP contribution in [-0.4, -0.2) is 57.5 Å². The average molecular weight is 608 g/mol. The Bertz CT molecular complexity index is 1560. The van der Waals surface area contributed by atoms with Crippen molar-refractivity contribution < 1.29 is 17.9 Å². The smallest absolute Gasteiger partial charge is 0.261 e. The van der Waals surface area contributed by atoms with Gasteiger partial charge in [-0.3, -0.25) is 14.4 Å². The van der Waals surface area contributed by atoms with Gasteiger partial charge in [-0.2, -0.15) is 0 Å². The zero-order chi connectivity index (χ0) is 28.2. The Morgan fingerprint density at radius 1 is 0.974 bits per heavy atom. The number of likely N-dealkylation sites (N-methyl/N-ethyl adjacent to an activating group) is 1. The molecule has 12 heteroatoms. The zero-order valence-corrected chi connectivity index (χ0v) is 24.8. The second-order valence-electron chi connectivity index (χ2n) is 8.54. The molecule has 4 rings (SSSR count). The van der Waals surface area contributed by atoms with Crippen LogP contribution in [-0.2, 0) is 10.0 Å². The number of rotatable bonds is 11. The molecule has 0 radical (unpaired) electrons. The van der Waals surface area contributed by atoms with Gasteiger partial charge < -0.3 is 9.64 Å². The third-order valence-electron chi connectivity index (χ3n) is 6.19. The first-order valence-electron chi connectivity index (χ1n) is 12.2. The van der Waals surface area contributed by atoms with Crippen LogP contribution >= 0.6 is 34.5 Å². The average Bonchev–Trinajstić information content (AvgIpc) is 3.38. The van der Waals surface area contributed by atoms with E-state index < -0.39 is 10.0 Å². The number of benzene rings is 3. The number of carbonyl (C=O) groups is 1. The molecule has 0 saturated carbocycles. The molecule has 39 heavy (non-hydrogen) atoms. The number of fused-ring (bicyclic) bond motifs is 1. The lowest BCUT2D eigenvalue weighted by molar-refractivity contribution is 0.0984. The number of sulfonamides is 1. The van der Waals surface area contributed by atoms with E-state index in [1.54, 1.807) is 48.4 Å². The molecular formula is C27H28Cl2N4O4S2. The van der Waals surface area contributed by atoms with Gasteiger partial charge in [-0.1, -0.05) is 48.4 Å². The summed E-state index contributed by atoms with van der Waals surface area (Å²) in [7, 11) is -2.25. The summed E-state index contributed by atoms with van der Waals surface area (Å²) in [5.74, 6) is 0.314. The summed E-state index contributed by atoms with van der Waals surface area (Å²) in [6.45, 7) is 6.90. The molecule has 0 aliphatic carbocycles. The van der Waals surface area contributed by atoms with Crippen LogP contribution in [0.2, 0.25) is 10.0 Å². The molecule has 0 spiro atoms. The number of hydrogen-bond acceptors (Lipinski definition) is 7. The highest BCUT2D eigenvalue weighted by Gasteiger charge is 2.24. The molecule has 1 amide bonds. The molecule has 3 aromatic carbocycles. The number of amides is 1. The molecule has 4 aromatic rings. The van der Waals surface area contributed by atoms with Crippen LogP contribution in [0.25, 0.3) is 10.2 Å². The number of hydrogen-bond donors (Lipinski definition) is 1. The summed E-state index contributed by atoms with van der Waals surface area (Å²) in [6, 6.07) is 15.7. The van der Waals surface area contributed by atoms with Crippen molar-refractivity contribution in [1.29, 1.82) is 0 Å². The van der Waals surface area contributed by atoms with E-state index in [1.165, 1.54) is 35.6 Å². The van der Waals surface area contributed by atoms with E-state index in [-0.39, 0.29) is 10.8 Å². The van der Waals surface area contributed by atoms with Gasteiger partial charge in [0.25, 0.3) is 15.9 Å². The molecule has 1 aromatic heterocycles. The van der Waals surface area contributed by atoms with Crippen LogP contribution in [0.3, 0.4) is 0 Å². The number of halogens is 2. The van der Waals surface area contributed by atoms with Crippen molar-refractivity contribution in [2.75, 3.05) is 42.9 Å². The molecule has 0 bridgehead atoms. The second-order valence-corrected chi connectivity index (χ2v) is 12.0. The fraction of sp³-hybridized carbons (Fsp3) is 0.259. The van der Waals surface area contributed by atoms with E-state index >= 15 is 0 Å². The zero-order valence-electron chi connectivity index (χ0n) is 21.6. The number of nitrogens with one attached hydrogen (secondary N) is 1. The van der Waals surface area contributed by atoms with Gasteiger partial charge in [-0.05, 0) is 73.8 Å². The van der Waals surface area contributed by atoms with Gasteiger partial charge >= 0.3 is 0 Å². The Morgan fingerprint density at radius 3 is 2.26 bits per heavy atom. The molecule has 1 N–H and O–H groups in total. The summed E-state index contributed by atoms with van der Waals surface area (Å²) in [5, 5.41) is 1.47. The van der Waals surface area contributed by atoms with Gasteiger partial charge in [0.05, 0.1) is 21.7 Å². The minimum Gasteiger partial charge on any atom is -0.494 e. The summed E-state index contributed by atoms with van der Waals surface area (Å²) in [5.41, 5.74) is 1.31. The molecule has 206 valence electrons. The van der Waals surface area contributed by atoms with Crippen molar-refractivity contribution in [2.45, 2.75) is 18.7 Å². The van der Waals surface area contributed by atoms with Crippen molar-refractivity contribution in [2.24, 2.45) is 0 Å². The molecule has 0 aliphatic heterocycles. The van der Waals surface area contributed by atoms with Gasteiger partial charge in [-0.25, -0.2) is 13.4 Å². The maximum Gasteiger partial charge on any atom is 0.261 e. The molecule has 0 fully saturated rings. The first kappa shape index (κ1) is 29.1. The molecular weight excluding hydrogens is 579 g/mol. The van der Waals surface area contributed by atoms with Gasteiger partial charge in [-0.15, -0.1) is 0 Å². The second kappa shape index (κ2) is 12.5. The number of ether oxygens (including phenoxy) is 1. The number of methoxy groups -OCH3 is 1. The number of aromatic nitrogens is 1. The van der Waals surface area contributed by atoms with Crippen LogP contribution in [0.15, 0.2) is 65.6 Å². The fourth-order valence-electron chi connectivity index (χ4n) is 3.95. The largest absolute Gasteiger partial charge is 0.494 e. The lowest BCUT2D eigenvalue weighted by Gasteiger charge is -2.24. The van der Waals surface area contributed by atoms with Gasteiger partial charge in [0.15, 0.2) is 5.13 Å². The van der Waals surface area contributed by atoms with E-state index in [0.717, 1.165) is 17.8 Å². The summed E-state index contributed by atoms with van der Waals surface area (Å²) >= 11 is 13.6. The number of anilines is 2. The molecule has 0 aliphatic rings. The maximum absolute atomic E-state index is 13.8. The van der Waals surface area contributed by atoms with Crippen LogP contribution in [0.4, 0.5) is 10.8 Å². The summed E-state index contributed by atoms with van der Waals surface area (Å²) in [4.78, 5) is 22.4. The number of carbonyl (C=O) groups excluding carboxylic acids is 1. The highest BCUT2D eigenvalue weighted by Crippen LogP contribution is 2.39. The predicted molar refractivity (Wildman–Crippen MR) is 159 cm³/mol. The maximum atomic E-state index is 13.8. The van der Waals surface area contributed by atoms with Crippen LogP contribution in [0.5, 0.6) is 5.75 Å². The SMILES string of the molecule is CCN(CC)CCN(C(=O)c1ccc(NS(=O)(=O)c2ccc(Cl)cc2)cc1)c1nc2c(OC)ccc(Cl)c2s1. The topological polar surface area (TPSA) is 91.8 Å². The Labute approximate surface area is 242 Å². The number of thiazole rings is 1. The van der Waals surface area contributed by atoms with E-state index in [4.69, 9.17) is 32.9 Å². The van der Waals surface area contributed by atoms with Crippen molar-refractivity contribution in [3.05, 3.63) is 76.3 Å². The quantitative estimate of drug-likeness (QED) is 0.212. The first-order valence-corrected chi connectivity index (χ1v) is 15.3. The molecule has 0 unspecified atom stereocenters. The molecule has 0 saturated heterocycles. The van der Waals surface area contributed by atoms with Gasteiger partial charge in [0.1, 0.15) is 11.3 Å². The van der Waals surface area contributed by atoms with Gasteiger partial charge in [0, 0.05) is 29.4 Å². The van der Waals surface area contributed by atoms with E-state index in [2.05, 4.69) is 23.5 Å². The minimum atomic E-state index is -3.81. The number of nitrogens with zero attached hydrogens (tertiary/aromatic N) is 3. The van der Waals surface area contributed by atoms with Crippen LogP contribution in [0.1, 0.15) is 24.2 Å². The Balaban J connectivity index is 1.62. The van der Waals surface area contributed by atoms with Crippen molar-refractivity contribution in [1.82, 2.24) is 9.88 Å². The Hall–Kier alpha value is -2.89. The lowest BCUT2D eigenvalue weighted by atomic mass is 10.2. The minimum absolute atomic E-state index is 0.0829. The Kier molecular flexibility index (Phi) is 9.35. The highest BCUT2D eigenvalue weighted by atomic mass is 35.5. The third kappa shape index (κ3) is 6.64. The highest BCUT2D eigenvalue weighted by molar-refractivity contribution is 7.92. The Morgan fingerprint density at radius 2 is 1.64 bits per heavy atom. The van der Waals surface area contributed by atoms with Crippen LogP contribution < -0.4 is 14.4 Å². The molecule has 8 nitrogen and oxygen atoms in total.